The van der Waals surface area contributed by atoms with Crippen LogP contribution in [0.4, 0.5) is 11.4 Å². The van der Waals surface area contributed by atoms with Crippen molar-refractivity contribution in [1.82, 2.24) is 0 Å². The van der Waals surface area contributed by atoms with Gasteiger partial charge in [0.2, 0.25) is 6.08 Å². The first-order chi connectivity index (χ1) is 8.70. The molecule has 0 amide bonds. The van der Waals surface area contributed by atoms with Crippen molar-refractivity contribution in [3.8, 4) is 0 Å². The van der Waals surface area contributed by atoms with E-state index >= 15 is 0 Å². The molecule has 0 bridgehead atoms. The predicted molar refractivity (Wildman–Crippen MR) is 71.7 cm³/mol. The third kappa shape index (κ3) is 2.56. The van der Waals surface area contributed by atoms with Crippen LogP contribution in [-0.4, -0.2) is 6.08 Å². The smallest absolute Gasteiger partial charge is 0.235 e. The Bertz CT molecular complexity index is 523. The number of benzene rings is 2. The van der Waals surface area contributed by atoms with E-state index in [1.165, 1.54) is 0 Å². The number of hydrogen-bond donors (Lipinski definition) is 2. The number of rotatable bonds is 3. The summed E-state index contributed by atoms with van der Waals surface area (Å²) in [6, 6.07) is 14.1. The molecule has 0 saturated carbocycles. The molecule has 4 heteroatoms. The van der Waals surface area contributed by atoms with Gasteiger partial charge in [0.1, 0.15) is 6.04 Å². The van der Waals surface area contributed by atoms with Crippen LogP contribution < -0.4 is 11.5 Å². The molecule has 0 radical (unpaired) electrons. The van der Waals surface area contributed by atoms with E-state index in [1.807, 2.05) is 24.3 Å². The molecule has 2 aromatic rings. The molecular formula is C14H13N3O. The van der Waals surface area contributed by atoms with Crippen LogP contribution in [0.2, 0.25) is 0 Å². The van der Waals surface area contributed by atoms with E-state index in [2.05, 4.69) is 4.99 Å². The maximum Gasteiger partial charge on any atom is 0.235 e. The van der Waals surface area contributed by atoms with Crippen LogP contribution >= 0.6 is 0 Å². The molecule has 0 fully saturated rings. The molecule has 18 heavy (non-hydrogen) atoms. The van der Waals surface area contributed by atoms with Gasteiger partial charge in [-0.05, 0) is 35.4 Å². The van der Waals surface area contributed by atoms with Gasteiger partial charge in [-0.15, -0.1) is 0 Å². The number of aliphatic imine (C=N–C) groups is 1. The molecular weight excluding hydrogens is 226 g/mol. The minimum absolute atomic E-state index is 0.372. The van der Waals surface area contributed by atoms with Crippen molar-refractivity contribution in [3.05, 3.63) is 59.7 Å². The lowest BCUT2D eigenvalue weighted by Crippen LogP contribution is -1.99. The lowest BCUT2D eigenvalue weighted by molar-refractivity contribution is 0.560. The fourth-order valence-corrected chi connectivity index (χ4v) is 1.75. The predicted octanol–water partition coefficient (Wildman–Crippen LogP) is 2.28. The third-order valence-electron chi connectivity index (χ3n) is 2.69. The molecule has 0 atom stereocenters. The van der Waals surface area contributed by atoms with Crippen LogP contribution in [-0.2, 0) is 4.79 Å². The van der Waals surface area contributed by atoms with E-state index in [1.54, 1.807) is 30.3 Å². The summed E-state index contributed by atoms with van der Waals surface area (Å²) >= 11 is 0. The van der Waals surface area contributed by atoms with Gasteiger partial charge in [0.25, 0.3) is 0 Å². The number of nitrogens with zero attached hydrogens (tertiary/aromatic N) is 1. The minimum Gasteiger partial charge on any atom is -0.399 e. The van der Waals surface area contributed by atoms with Crippen LogP contribution in [0.5, 0.6) is 0 Å². The Hall–Kier alpha value is -2.58. The maximum atomic E-state index is 10.6. The zero-order chi connectivity index (χ0) is 13.0. The summed E-state index contributed by atoms with van der Waals surface area (Å²) in [7, 11) is 0. The van der Waals surface area contributed by atoms with E-state index in [0.29, 0.717) is 11.4 Å². The van der Waals surface area contributed by atoms with Gasteiger partial charge in [0.15, 0.2) is 0 Å². The molecule has 0 heterocycles. The molecule has 2 rings (SSSR count). The number of nitrogens with two attached hydrogens (primary N) is 2. The molecule has 4 N–H and O–H groups in total. The Kier molecular flexibility index (Phi) is 3.41. The van der Waals surface area contributed by atoms with Crippen molar-refractivity contribution in [2.24, 2.45) is 4.99 Å². The number of nitrogen functional groups attached to an aromatic ring is 2. The van der Waals surface area contributed by atoms with E-state index < -0.39 is 0 Å². The topological polar surface area (TPSA) is 81.5 Å². The normalized spacial score (nSPS) is 10.1. The summed E-state index contributed by atoms with van der Waals surface area (Å²) in [6.07, 6.45) is 1.61. The van der Waals surface area contributed by atoms with Gasteiger partial charge in [-0.2, -0.15) is 4.99 Å². The van der Waals surface area contributed by atoms with Crippen molar-refractivity contribution < 1.29 is 4.79 Å². The quantitative estimate of drug-likeness (QED) is 0.489. The Balaban J connectivity index is 2.42. The molecule has 0 saturated heterocycles. The summed E-state index contributed by atoms with van der Waals surface area (Å²) in [5.41, 5.74) is 14.4. The molecule has 0 aromatic heterocycles. The molecule has 0 aliphatic heterocycles. The summed E-state index contributed by atoms with van der Waals surface area (Å²) < 4.78 is 0. The highest BCUT2D eigenvalue weighted by Crippen LogP contribution is 2.26. The second kappa shape index (κ2) is 5.17. The summed E-state index contributed by atoms with van der Waals surface area (Å²) in [4.78, 5) is 14.4. The highest BCUT2D eigenvalue weighted by atomic mass is 16.1. The van der Waals surface area contributed by atoms with E-state index in [4.69, 9.17) is 11.5 Å². The lowest BCUT2D eigenvalue weighted by Gasteiger charge is -2.12. The number of anilines is 2. The van der Waals surface area contributed by atoms with Gasteiger partial charge in [0, 0.05) is 11.4 Å². The molecule has 0 aliphatic rings. The number of carbonyl (C=O) groups excluding carboxylic acids is 1. The molecule has 2 aromatic carbocycles. The van der Waals surface area contributed by atoms with E-state index in [-0.39, 0.29) is 6.04 Å². The second-order valence-corrected chi connectivity index (χ2v) is 3.96. The number of hydrogen-bond acceptors (Lipinski definition) is 4. The Morgan fingerprint density at radius 3 is 1.56 bits per heavy atom. The molecule has 0 unspecified atom stereocenters. The summed E-state index contributed by atoms with van der Waals surface area (Å²) in [6.45, 7) is 0. The van der Waals surface area contributed by atoms with Gasteiger partial charge in [-0.25, -0.2) is 4.79 Å². The number of isocyanates is 1. The standard InChI is InChI=1S/C14H13N3O/c15-12-5-1-10(2-6-12)14(17-9-18)11-3-7-13(16)8-4-11/h1-8,14H,15-16H2. The maximum absolute atomic E-state index is 10.6. The van der Waals surface area contributed by atoms with Crippen molar-refractivity contribution in [3.63, 3.8) is 0 Å². The molecule has 0 aliphatic carbocycles. The van der Waals surface area contributed by atoms with Crippen molar-refractivity contribution in [1.29, 1.82) is 0 Å². The fourth-order valence-electron chi connectivity index (χ4n) is 1.75. The van der Waals surface area contributed by atoms with E-state index in [9.17, 15) is 4.79 Å². The first kappa shape index (κ1) is 11.9. The first-order valence-corrected chi connectivity index (χ1v) is 5.48. The summed E-state index contributed by atoms with van der Waals surface area (Å²) in [5.74, 6) is 0. The third-order valence-corrected chi connectivity index (χ3v) is 2.69. The van der Waals surface area contributed by atoms with Crippen LogP contribution in [0.3, 0.4) is 0 Å². The average Bonchev–Trinajstić information content (AvgIpc) is 2.39. The Morgan fingerprint density at radius 1 is 0.833 bits per heavy atom. The molecule has 4 nitrogen and oxygen atoms in total. The van der Waals surface area contributed by atoms with Crippen LogP contribution in [0.15, 0.2) is 53.5 Å². The van der Waals surface area contributed by atoms with E-state index in [0.717, 1.165) is 11.1 Å². The Morgan fingerprint density at radius 2 is 1.22 bits per heavy atom. The van der Waals surface area contributed by atoms with Gasteiger partial charge < -0.3 is 11.5 Å². The van der Waals surface area contributed by atoms with Crippen molar-refractivity contribution in [2.75, 3.05) is 11.5 Å². The van der Waals surface area contributed by atoms with Gasteiger partial charge in [0.05, 0.1) is 0 Å². The largest absolute Gasteiger partial charge is 0.399 e. The SMILES string of the molecule is Nc1ccc(C(N=C=O)c2ccc(N)cc2)cc1. The second-order valence-electron chi connectivity index (χ2n) is 3.96. The average molecular weight is 239 g/mol. The zero-order valence-electron chi connectivity index (χ0n) is 9.71. The Labute approximate surface area is 105 Å². The molecule has 0 spiro atoms. The van der Waals surface area contributed by atoms with Crippen LogP contribution in [0.1, 0.15) is 17.2 Å². The lowest BCUT2D eigenvalue weighted by atomic mass is 9.99. The van der Waals surface area contributed by atoms with Gasteiger partial charge in [-0.3, -0.25) is 0 Å². The monoisotopic (exact) mass is 239 g/mol. The van der Waals surface area contributed by atoms with Crippen LogP contribution in [0, 0.1) is 0 Å². The minimum atomic E-state index is -0.372. The zero-order valence-corrected chi connectivity index (χ0v) is 9.71. The fraction of sp³-hybridized carbons (Fsp3) is 0.0714. The first-order valence-electron chi connectivity index (χ1n) is 5.48. The van der Waals surface area contributed by atoms with Gasteiger partial charge >= 0.3 is 0 Å². The highest BCUT2D eigenvalue weighted by molar-refractivity contribution is 5.47. The van der Waals surface area contributed by atoms with Crippen LogP contribution in [0.25, 0.3) is 0 Å². The van der Waals surface area contributed by atoms with Crippen molar-refractivity contribution in [2.45, 2.75) is 6.04 Å². The summed E-state index contributed by atoms with van der Waals surface area (Å²) in [5, 5.41) is 0. The van der Waals surface area contributed by atoms with Crippen molar-refractivity contribution >= 4 is 17.5 Å². The van der Waals surface area contributed by atoms with Gasteiger partial charge in [-0.1, -0.05) is 24.3 Å². The molecule has 90 valence electrons. The highest BCUT2D eigenvalue weighted by Gasteiger charge is 2.12.